The lowest BCUT2D eigenvalue weighted by Gasteiger charge is -2.09. The molecule has 11 heteroatoms. The molecule has 0 heterocycles. The Bertz CT molecular complexity index is 1020. The maximum absolute atomic E-state index is 12.4. The normalized spacial score (nSPS) is 13.6. The Morgan fingerprint density at radius 2 is 1.72 bits per heavy atom. The highest BCUT2D eigenvalue weighted by Gasteiger charge is 2.19. The fourth-order valence-corrected chi connectivity index (χ4v) is 4.05. The average molecular weight is 423 g/mol. The van der Waals surface area contributed by atoms with Gasteiger partial charge in [-0.1, -0.05) is 41.4 Å². The van der Waals surface area contributed by atoms with Crippen LogP contribution in [-0.4, -0.2) is 24.9 Å². The minimum atomic E-state index is -4.57. The largest absolute Gasteiger partial charge is 0.411 e. The van der Waals surface area contributed by atoms with E-state index in [1.54, 1.807) is 22.9 Å². The minimum Gasteiger partial charge on any atom is -0.365 e. The molecule has 25 heavy (non-hydrogen) atoms. The summed E-state index contributed by atoms with van der Waals surface area (Å²) in [6, 6.07) is 10.5. The van der Waals surface area contributed by atoms with Crippen LogP contribution in [-0.2, 0) is 20.0 Å². The van der Waals surface area contributed by atoms with Gasteiger partial charge in [0.05, 0.1) is 14.8 Å². The van der Waals surface area contributed by atoms with Crippen LogP contribution in [0, 0.1) is 0 Å². The van der Waals surface area contributed by atoms with Crippen molar-refractivity contribution in [2.24, 2.45) is 4.36 Å². The first-order chi connectivity index (χ1) is 11.6. The predicted octanol–water partition coefficient (Wildman–Crippen LogP) is 3.48. The van der Waals surface area contributed by atoms with Crippen molar-refractivity contribution >= 4 is 49.3 Å². The van der Waals surface area contributed by atoms with Crippen LogP contribution in [0.3, 0.4) is 0 Å². The Balaban J connectivity index is 2.19. The molecule has 2 aromatic rings. The molecule has 1 unspecified atom stereocenters. The molecule has 0 aromatic heterocycles. The molecule has 1 N–H and O–H groups in total. The smallest absolute Gasteiger partial charge is 0.365 e. The van der Waals surface area contributed by atoms with Crippen molar-refractivity contribution in [2.45, 2.75) is 4.90 Å². The molecule has 0 bridgehead atoms. The van der Waals surface area contributed by atoms with Crippen molar-refractivity contribution in [3.63, 3.8) is 0 Å². The zero-order valence-electron chi connectivity index (χ0n) is 12.7. The van der Waals surface area contributed by atoms with E-state index in [0.29, 0.717) is 0 Å². The summed E-state index contributed by atoms with van der Waals surface area (Å²) >= 11 is 11.5. The number of amides is 2. The van der Waals surface area contributed by atoms with Crippen molar-refractivity contribution in [3.8, 4) is 5.75 Å². The quantitative estimate of drug-likeness (QED) is 0.811. The molecular formula is C14H12Cl2N2O5S2. The van der Waals surface area contributed by atoms with E-state index >= 15 is 0 Å². The van der Waals surface area contributed by atoms with Gasteiger partial charge in [-0.25, -0.2) is 9.00 Å². The monoisotopic (exact) mass is 422 g/mol. The Morgan fingerprint density at radius 3 is 2.32 bits per heavy atom. The molecule has 2 amide bonds. The Labute approximate surface area is 155 Å². The molecule has 0 aliphatic carbocycles. The van der Waals surface area contributed by atoms with E-state index < -0.39 is 26.1 Å². The Morgan fingerprint density at radius 1 is 1.08 bits per heavy atom. The van der Waals surface area contributed by atoms with Crippen LogP contribution in [0.25, 0.3) is 0 Å². The molecule has 7 nitrogen and oxygen atoms in total. The highest BCUT2D eigenvalue weighted by Crippen LogP contribution is 2.28. The summed E-state index contributed by atoms with van der Waals surface area (Å²) in [7, 11) is -7.69. The van der Waals surface area contributed by atoms with Gasteiger partial charge in [-0.05, 0) is 30.3 Å². The van der Waals surface area contributed by atoms with Crippen LogP contribution in [0.15, 0.2) is 57.8 Å². The van der Waals surface area contributed by atoms with Crippen molar-refractivity contribution in [2.75, 3.05) is 6.26 Å². The number of carbonyl (C=O) groups is 1. The maximum Gasteiger partial charge on any atom is 0.411 e. The van der Waals surface area contributed by atoms with E-state index in [9.17, 15) is 17.4 Å². The third-order valence-corrected chi connectivity index (χ3v) is 5.76. The lowest BCUT2D eigenvalue weighted by molar-refractivity contribution is 0.253. The van der Waals surface area contributed by atoms with E-state index in [0.717, 1.165) is 0 Å². The van der Waals surface area contributed by atoms with Crippen molar-refractivity contribution < 1.29 is 21.6 Å². The fraction of sp³-hybridized carbons (Fsp3) is 0.0714. The van der Waals surface area contributed by atoms with Crippen LogP contribution in [0.5, 0.6) is 5.75 Å². The van der Waals surface area contributed by atoms with Gasteiger partial charge < -0.3 is 4.18 Å². The second-order valence-corrected chi connectivity index (χ2v) is 9.11. The molecule has 134 valence electrons. The van der Waals surface area contributed by atoms with E-state index in [4.69, 9.17) is 23.2 Å². The second-order valence-electron chi connectivity index (χ2n) is 4.73. The number of urea groups is 1. The van der Waals surface area contributed by atoms with Gasteiger partial charge in [0.2, 0.25) is 0 Å². The van der Waals surface area contributed by atoms with Crippen LogP contribution >= 0.6 is 23.2 Å². The highest BCUT2D eigenvalue weighted by molar-refractivity contribution is 7.93. The van der Waals surface area contributed by atoms with E-state index in [1.807, 2.05) is 0 Å². The zero-order valence-corrected chi connectivity index (χ0v) is 15.8. The molecule has 0 saturated heterocycles. The summed E-state index contributed by atoms with van der Waals surface area (Å²) in [6.45, 7) is 0. The maximum atomic E-state index is 12.4. The lowest BCUT2D eigenvalue weighted by atomic mass is 10.3. The van der Waals surface area contributed by atoms with Gasteiger partial charge in [-0.2, -0.15) is 13.1 Å². The van der Waals surface area contributed by atoms with E-state index in [2.05, 4.69) is 8.55 Å². The van der Waals surface area contributed by atoms with Crippen molar-refractivity contribution in [1.82, 2.24) is 4.72 Å². The third kappa shape index (κ3) is 5.60. The molecule has 1 atom stereocenters. The van der Waals surface area contributed by atoms with Gasteiger partial charge in [0, 0.05) is 16.2 Å². The second kappa shape index (κ2) is 7.61. The van der Waals surface area contributed by atoms with E-state index in [-0.39, 0.29) is 20.7 Å². The van der Waals surface area contributed by atoms with Gasteiger partial charge in [-0.3, -0.25) is 0 Å². The zero-order chi connectivity index (χ0) is 18.7. The number of carbonyl (C=O) groups excluding carboxylic acids is 1. The van der Waals surface area contributed by atoms with Crippen LogP contribution in [0.4, 0.5) is 4.79 Å². The van der Waals surface area contributed by atoms with Gasteiger partial charge in [0.15, 0.2) is 5.75 Å². The molecule has 0 saturated carbocycles. The number of benzene rings is 2. The summed E-state index contributed by atoms with van der Waals surface area (Å²) in [6.07, 6.45) is 1.21. The Kier molecular flexibility index (Phi) is 5.94. The number of nitrogens with one attached hydrogen (secondary N) is 1. The molecule has 0 aliphatic heterocycles. The Hall–Kier alpha value is -1.81. The molecule has 2 rings (SSSR count). The first-order valence-electron chi connectivity index (χ1n) is 6.57. The number of rotatable bonds is 4. The molecule has 0 radical (unpaired) electrons. The molecular weight excluding hydrogens is 411 g/mol. The van der Waals surface area contributed by atoms with Crippen LogP contribution < -0.4 is 8.91 Å². The average Bonchev–Trinajstić information content (AvgIpc) is 2.49. The van der Waals surface area contributed by atoms with Gasteiger partial charge in [0.1, 0.15) is 0 Å². The first-order valence-corrected chi connectivity index (χ1v) is 10.7. The first kappa shape index (κ1) is 19.5. The summed E-state index contributed by atoms with van der Waals surface area (Å²) in [4.78, 5) is 12.1. The fourth-order valence-electron chi connectivity index (χ4n) is 1.69. The minimum absolute atomic E-state index is 0.0640. The number of hydrogen-bond donors (Lipinski definition) is 1. The van der Waals surface area contributed by atoms with Crippen LogP contribution in [0.1, 0.15) is 0 Å². The van der Waals surface area contributed by atoms with Gasteiger partial charge in [0.25, 0.3) is 0 Å². The number of nitrogens with zero attached hydrogens (tertiary/aromatic N) is 1. The lowest BCUT2D eigenvalue weighted by Crippen LogP contribution is -2.32. The number of halogens is 2. The summed E-state index contributed by atoms with van der Waals surface area (Å²) < 4.78 is 45.8. The molecule has 0 spiro atoms. The van der Waals surface area contributed by atoms with Crippen molar-refractivity contribution in [3.05, 3.63) is 58.6 Å². The van der Waals surface area contributed by atoms with Gasteiger partial charge in [-0.15, -0.1) is 4.36 Å². The third-order valence-electron chi connectivity index (χ3n) is 2.74. The standard InChI is InChI=1S/C14H12Cl2N2O5S2/c1-24(20,11-5-3-2-4-6-11)17-14(19)18-25(21,22)23-13-8-7-10(15)9-12(13)16/h2-9H,1H3,(H,18,19). The molecule has 0 fully saturated rings. The molecule has 2 aromatic carbocycles. The number of hydrogen-bond acceptors (Lipinski definition) is 5. The van der Waals surface area contributed by atoms with E-state index in [1.165, 1.54) is 36.6 Å². The highest BCUT2D eigenvalue weighted by atomic mass is 35.5. The predicted molar refractivity (Wildman–Crippen MR) is 95.7 cm³/mol. The summed E-state index contributed by atoms with van der Waals surface area (Å²) in [5.41, 5.74) is 0. The topological polar surface area (TPSA) is 102 Å². The SMILES string of the molecule is CS(=O)(=NC(=O)NS(=O)(=O)Oc1ccc(Cl)cc1Cl)c1ccccc1. The summed E-state index contributed by atoms with van der Waals surface area (Å²) in [5.74, 6) is -0.230. The molecule has 0 aliphatic rings. The summed E-state index contributed by atoms with van der Waals surface area (Å²) in [5, 5.41) is 0.216. The van der Waals surface area contributed by atoms with Crippen LogP contribution in [0.2, 0.25) is 10.0 Å². The van der Waals surface area contributed by atoms with Crippen molar-refractivity contribution in [1.29, 1.82) is 0 Å². The van der Waals surface area contributed by atoms with Gasteiger partial charge >= 0.3 is 16.3 Å².